The fourth-order valence-corrected chi connectivity index (χ4v) is 4.56. The van der Waals surface area contributed by atoms with Crippen molar-refractivity contribution in [3.8, 4) is 0 Å². The van der Waals surface area contributed by atoms with E-state index in [1.165, 1.54) is 0 Å². The van der Waals surface area contributed by atoms with E-state index in [0.29, 0.717) is 35.8 Å². The van der Waals surface area contributed by atoms with Gasteiger partial charge in [-0.3, -0.25) is 19.5 Å². The zero-order valence-corrected chi connectivity index (χ0v) is 19.1. The first-order chi connectivity index (χ1) is 16.0. The van der Waals surface area contributed by atoms with Crippen molar-refractivity contribution in [2.45, 2.75) is 49.4 Å². The maximum absolute atomic E-state index is 13.2. The first-order valence-corrected chi connectivity index (χ1v) is 11.8. The quantitative estimate of drug-likeness (QED) is 0.410. The molecule has 1 aromatic heterocycles. The molecule has 0 saturated carbocycles. The number of urea groups is 1. The highest BCUT2D eigenvalue weighted by Crippen LogP contribution is 2.24. The van der Waals surface area contributed by atoms with Gasteiger partial charge in [0.2, 0.25) is 5.91 Å². The Morgan fingerprint density at radius 1 is 1.18 bits per heavy atom. The summed E-state index contributed by atoms with van der Waals surface area (Å²) < 4.78 is 7.30. The van der Waals surface area contributed by atoms with Gasteiger partial charge in [-0.2, -0.15) is 0 Å². The Morgan fingerprint density at radius 2 is 1.94 bits per heavy atom. The standard InChI is InChI=1S/C24H26N4O4S/c1-16(21(29)27-23(31)25-14-17-8-3-2-4-9-17)33-24-26-20-12-6-5-11-19(20)22(30)28(24)15-18-10-7-13-32-18/h2-6,8-9,11-12,16,18H,7,10,13-15H2,1H3,(H2,25,27,29,31)/t16-,18-/m1/s1. The van der Waals surface area contributed by atoms with E-state index in [4.69, 9.17) is 4.74 Å². The predicted octanol–water partition coefficient (Wildman–Crippen LogP) is 3.08. The number of ether oxygens (including phenoxy) is 1. The van der Waals surface area contributed by atoms with E-state index in [9.17, 15) is 14.4 Å². The highest BCUT2D eigenvalue weighted by molar-refractivity contribution is 8.00. The molecule has 4 rings (SSSR count). The number of nitrogens with one attached hydrogen (secondary N) is 2. The van der Waals surface area contributed by atoms with Gasteiger partial charge in [-0.05, 0) is 37.5 Å². The molecule has 2 atom stereocenters. The third-order valence-electron chi connectivity index (χ3n) is 5.42. The number of hydrogen-bond acceptors (Lipinski definition) is 6. The molecule has 1 saturated heterocycles. The SMILES string of the molecule is C[C@@H](Sc1nc2ccccc2c(=O)n1C[C@H]1CCCO1)C(=O)NC(=O)NCc1ccccc1. The van der Waals surface area contributed by atoms with Crippen LogP contribution in [0.4, 0.5) is 4.79 Å². The van der Waals surface area contributed by atoms with E-state index in [1.54, 1.807) is 29.7 Å². The Hall–Kier alpha value is -3.17. The van der Waals surface area contributed by atoms with Gasteiger partial charge >= 0.3 is 6.03 Å². The normalized spacial score (nSPS) is 16.5. The van der Waals surface area contributed by atoms with Gasteiger partial charge in [-0.25, -0.2) is 9.78 Å². The summed E-state index contributed by atoms with van der Waals surface area (Å²) in [6, 6.07) is 16.0. The fraction of sp³-hybridized carbons (Fsp3) is 0.333. The first kappa shape index (κ1) is 23.0. The van der Waals surface area contributed by atoms with Gasteiger partial charge in [0, 0.05) is 13.2 Å². The topological polar surface area (TPSA) is 102 Å². The molecule has 0 bridgehead atoms. The molecule has 3 amide bonds. The molecule has 2 aromatic carbocycles. The summed E-state index contributed by atoms with van der Waals surface area (Å²) in [6.07, 6.45) is 1.78. The van der Waals surface area contributed by atoms with Gasteiger partial charge in [0.25, 0.3) is 5.56 Å². The third kappa shape index (κ3) is 5.80. The van der Waals surface area contributed by atoms with Crippen molar-refractivity contribution in [2.24, 2.45) is 0 Å². The Labute approximate surface area is 195 Å². The van der Waals surface area contributed by atoms with E-state index in [-0.39, 0.29) is 11.7 Å². The van der Waals surface area contributed by atoms with E-state index in [2.05, 4.69) is 15.6 Å². The molecule has 1 aliphatic heterocycles. The van der Waals surface area contributed by atoms with Crippen LogP contribution in [0.1, 0.15) is 25.3 Å². The second kappa shape index (κ2) is 10.6. The molecule has 0 spiro atoms. The van der Waals surface area contributed by atoms with Crippen molar-refractivity contribution in [2.75, 3.05) is 6.61 Å². The number of rotatable bonds is 7. The Morgan fingerprint density at radius 3 is 2.70 bits per heavy atom. The van der Waals surface area contributed by atoms with Gasteiger partial charge in [0.1, 0.15) is 0 Å². The molecule has 3 aromatic rings. The molecule has 9 heteroatoms. The monoisotopic (exact) mass is 466 g/mol. The fourth-order valence-electron chi connectivity index (χ4n) is 3.64. The largest absolute Gasteiger partial charge is 0.376 e. The van der Waals surface area contributed by atoms with Crippen LogP contribution in [0.3, 0.4) is 0 Å². The van der Waals surface area contributed by atoms with Crippen LogP contribution >= 0.6 is 11.8 Å². The molecule has 2 N–H and O–H groups in total. The molecule has 1 fully saturated rings. The molecule has 0 radical (unpaired) electrons. The Balaban J connectivity index is 1.46. The molecule has 2 heterocycles. The molecular formula is C24H26N4O4S. The zero-order chi connectivity index (χ0) is 23.2. The minimum absolute atomic E-state index is 0.0575. The first-order valence-electron chi connectivity index (χ1n) is 10.9. The molecule has 1 aliphatic rings. The van der Waals surface area contributed by atoms with Crippen LogP contribution in [0.2, 0.25) is 0 Å². The highest BCUT2D eigenvalue weighted by atomic mass is 32.2. The lowest BCUT2D eigenvalue weighted by molar-refractivity contribution is -0.119. The molecule has 0 aliphatic carbocycles. The second-order valence-electron chi connectivity index (χ2n) is 7.88. The van der Waals surface area contributed by atoms with E-state index in [1.807, 2.05) is 36.4 Å². The van der Waals surface area contributed by atoms with Crippen molar-refractivity contribution in [3.63, 3.8) is 0 Å². The van der Waals surface area contributed by atoms with Crippen LogP contribution in [-0.4, -0.2) is 39.5 Å². The molecule has 0 unspecified atom stereocenters. The maximum Gasteiger partial charge on any atom is 0.321 e. The molecule has 172 valence electrons. The Kier molecular flexibility index (Phi) is 7.41. The lowest BCUT2D eigenvalue weighted by Crippen LogP contribution is -2.42. The van der Waals surface area contributed by atoms with Gasteiger partial charge in [0.05, 0.1) is 28.8 Å². The summed E-state index contributed by atoms with van der Waals surface area (Å²) >= 11 is 1.15. The van der Waals surface area contributed by atoms with Gasteiger partial charge in [0.15, 0.2) is 5.16 Å². The number of carbonyl (C=O) groups is 2. The van der Waals surface area contributed by atoms with Crippen molar-refractivity contribution in [1.29, 1.82) is 0 Å². The Bertz CT molecular complexity index is 1190. The minimum Gasteiger partial charge on any atom is -0.376 e. The summed E-state index contributed by atoms with van der Waals surface area (Å²) in [5.41, 5.74) is 1.34. The van der Waals surface area contributed by atoms with E-state index >= 15 is 0 Å². The second-order valence-corrected chi connectivity index (χ2v) is 9.19. The third-order valence-corrected chi connectivity index (χ3v) is 6.51. The number of nitrogens with zero attached hydrogens (tertiary/aromatic N) is 2. The van der Waals surface area contributed by atoms with Crippen LogP contribution in [0.5, 0.6) is 0 Å². The van der Waals surface area contributed by atoms with E-state index in [0.717, 1.165) is 30.2 Å². The minimum atomic E-state index is -0.642. The summed E-state index contributed by atoms with van der Waals surface area (Å²) in [5.74, 6) is -0.461. The number of imide groups is 1. The van der Waals surface area contributed by atoms with Crippen molar-refractivity contribution in [3.05, 3.63) is 70.5 Å². The maximum atomic E-state index is 13.2. The number of carbonyl (C=O) groups excluding carboxylic acids is 2. The predicted molar refractivity (Wildman–Crippen MR) is 127 cm³/mol. The summed E-state index contributed by atoms with van der Waals surface area (Å²) in [4.78, 5) is 42.6. The average molecular weight is 467 g/mol. The smallest absolute Gasteiger partial charge is 0.321 e. The van der Waals surface area contributed by atoms with Crippen LogP contribution < -0.4 is 16.2 Å². The summed E-state index contributed by atoms with van der Waals surface area (Å²) in [6.45, 7) is 3.06. The average Bonchev–Trinajstić information content (AvgIpc) is 3.34. The number of benzene rings is 2. The van der Waals surface area contributed by atoms with Crippen molar-refractivity contribution >= 4 is 34.6 Å². The molecule has 33 heavy (non-hydrogen) atoms. The van der Waals surface area contributed by atoms with Crippen molar-refractivity contribution < 1.29 is 14.3 Å². The number of amides is 3. The van der Waals surface area contributed by atoms with E-state index < -0.39 is 17.2 Å². The van der Waals surface area contributed by atoms with Crippen LogP contribution in [-0.2, 0) is 22.6 Å². The van der Waals surface area contributed by atoms with Crippen LogP contribution in [0.15, 0.2) is 64.5 Å². The zero-order valence-electron chi connectivity index (χ0n) is 18.3. The summed E-state index contributed by atoms with van der Waals surface area (Å²) in [7, 11) is 0. The molecular weight excluding hydrogens is 440 g/mol. The number of fused-ring (bicyclic) bond motifs is 1. The summed E-state index contributed by atoms with van der Waals surface area (Å²) in [5, 5.41) is 5.35. The van der Waals surface area contributed by atoms with Gasteiger partial charge in [-0.15, -0.1) is 0 Å². The number of thioether (sulfide) groups is 1. The van der Waals surface area contributed by atoms with Crippen LogP contribution in [0.25, 0.3) is 10.9 Å². The number of aromatic nitrogens is 2. The highest BCUT2D eigenvalue weighted by Gasteiger charge is 2.24. The van der Waals surface area contributed by atoms with Gasteiger partial charge in [-0.1, -0.05) is 54.2 Å². The lowest BCUT2D eigenvalue weighted by atomic mass is 10.2. The number of para-hydroxylation sites is 1. The van der Waals surface area contributed by atoms with Crippen molar-refractivity contribution in [1.82, 2.24) is 20.2 Å². The number of hydrogen-bond donors (Lipinski definition) is 2. The van der Waals surface area contributed by atoms with Crippen LogP contribution in [0, 0.1) is 0 Å². The lowest BCUT2D eigenvalue weighted by Gasteiger charge is -2.18. The van der Waals surface area contributed by atoms with Gasteiger partial charge < -0.3 is 10.1 Å². The molecule has 8 nitrogen and oxygen atoms in total.